The van der Waals surface area contributed by atoms with Gasteiger partial charge < -0.3 is 0 Å². The van der Waals surface area contributed by atoms with Crippen LogP contribution in [0.15, 0.2) is 51.1 Å². The Balaban J connectivity index is 1.71. The van der Waals surface area contributed by atoms with Crippen LogP contribution in [-0.2, 0) is 0 Å². The molecule has 21 heavy (non-hydrogen) atoms. The predicted molar refractivity (Wildman–Crippen MR) is 83.4 cm³/mol. The van der Waals surface area contributed by atoms with Gasteiger partial charge in [-0.3, -0.25) is 20.0 Å². The molecule has 0 fully saturated rings. The minimum atomic E-state index is -0.138. The van der Waals surface area contributed by atoms with Crippen molar-refractivity contribution in [1.82, 2.24) is 10.2 Å². The van der Waals surface area contributed by atoms with Gasteiger partial charge in [0, 0.05) is 17.5 Å². The van der Waals surface area contributed by atoms with Crippen molar-refractivity contribution in [3.8, 4) is 0 Å². The van der Waals surface area contributed by atoms with E-state index >= 15 is 0 Å². The third-order valence-corrected chi connectivity index (χ3v) is 4.16. The number of hydrogen-bond donors (Lipinski definition) is 1. The first kappa shape index (κ1) is 12.3. The SMILES string of the molecule is O=C(NC1=Nc2ccccc2C2=NCCN12)c1ccsc1. The van der Waals surface area contributed by atoms with E-state index in [9.17, 15) is 4.79 Å². The van der Waals surface area contributed by atoms with Crippen LogP contribution >= 0.6 is 11.3 Å². The molecule has 1 N–H and O–H groups in total. The van der Waals surface area contributed by atoms with E-state index in [0.29, 0.717) is 11.5 Å². The van der Waals surface area contributed by atoms with Gasteiger partial charge in [-0.2, -0.15) is 11.3 Å². The summed E-state index contributed by atoms with van der Waals surface area (Å²) in [5, 5.41) is 6.61. The van der Waals surface area contributed by atoms with Crippen molar-refractivity contribution in [1.29, 1.82) is 0 Å². The second-order valence-corrected chi connectivity index (χ2v) is 5.56. The van der Waals surface area contributed by atoms with Crippen LogP contribution in [0.25, 0.3) is 0 Å². The van der Waals surface area contributed by atoms with Crippen molar-refractivity contribution < 1.29 is 4.79 Å². The summed E-state index contributed by atoms with van der Waals surface area (Å²) in [6, 6.07) is 9.65. The topological polar surface area (TPSA) is 57.1 Å². The van der Waals surface area contributed by atoms with Crippen LogP contribution in [0.1, 0.15) is 15.9 Å². The minimum absolute atomic E-state index is 0.138. The molecule has 0 bridgehead atoms. The molecule has 0 atom stereocenters. The van der Waals surface area contributed by atoms with Crippen LogP contribution in [0.3, 0.4) is 0 Å². The molecule has 0 saturated carbocycles. The Morgan fingerprint density at radius 3 is 3.05 bits per heavy atom. The summed E-state index contributed by atoms with van der Waals surface area (Å²) in [7, 11) is 0. The Hall–Kier alpha value is -2.47. The number of amides is 1. The molecule has 5 nitrogen and oxygen atoms in total. The van der Waals surface area contributed by atoms with Crippen molar-refractivity contribution in [2.75, 3.05) is 13.1 Å². The number of carbonyl (C=O) groups excluding carboxylic acids is 1. The predicted octanol–water partition coefficient (Wildman–Crippen LogP) is 2.24. The standard InChI is InChI=1S/C15H12N4OS/c20-14(10-5-8-21-9-10)18-15-17-12-4-2-1-3-11(12)13-16-6-7-19(13)15/h1-5,8-9H,6-7H2,(H,17,18,20). The summed E-state index contributed by atoms with van der Waals surface area (Å²) in [5.74, 6) is 1.31. The summed E-state index contributed by atoms with van der Waals surface area (Å²) >= 11 is 1.50. The van der Waals surface area contributed by atoms with Gasteiger partial charge in [0.2, 0.25) is 5.96 Å². The second kappa shape index (κ2) is 4.82. The zero-order chi connectivity index (χ0) is 14.2. The highest BCUT2D eigenvalue weighted by Gasteiger charge is 2.30. The molecule has 6 heteroatoms. The van der Waals surface area contributed by atoms with Gasteiger partial charge >= 0.3 is 0 Å². The van der Waals surface area contributed by atoms with Crippen molar-refractivity contribution in [3.63, 3.8) is 0 Å². The molecule has 0 radical (unpaired) electrons. The summed E-state index contributed by atoms with van der Waals surface area (Å²) < 4.78 is 0. The number of amidine groups is 1. The molecule has 2 aliphatic rings. The quantitative estimate of drug-likeness (QED) is 0.877. The van der Waals surface area contributed by atoms with E-state index in [-0.39, 0.29) is 5.91 Å². The van der Waals surface area contributed by atoms with Crippen molar-refractivity contribution in [3.05, 3.63) is 52.2 Å². The van der Waals surface area contributed by atoms with E-state index in [2.05, 4.69) is 15.3 Å². The van der Waals surface area contributed by atoms with Gasteiger partial charge in [0.25, 0.3) is 5.91 Å². The lowest BCUT2D eigenvalue weighted by molar-refractivity contribution is 0.0974. The molecule has 104 valence electrons. The Morgan fingerprint density at radius 2 is 2.19 bits per heavy atom. The van der Waals surface area contributed by atoms with Gasteiger partial charge in [-0.25, -0.2) is 4.99 Å². The number of hydrogen-bond acceptors (Lipinski definition) is 5. The smallest absolute Gasteiger partial charge is 0.258 e. The van der Waals surface area contributed by atoms with Crippen LogP contribution in [-0.4, -0.2) is 35.7 Å². The van der Waals surface area contributed by atoms with Gasteiger partial charge in [0.15, 0.2) is 0 Å². The average molecular weight is 296 g/mol. The molecule has 0 unspecified atom stereocenters. The number of nitrogens with one attached hydrogen (secondary N) is 1. The number of aliphatic imine (C=N–C) groups is 2. The first-order valence-electron chi connectivity index (χ1n) is 6.66. The lowest BCUT2D eigenvalue weighted by Crippen LogP contribution is -2.47. The fraction of sp³-hybridized carbons (Fsp3) is 0.133. The molecule has 2 aliphatic heterocycles. The first-order valence-corrected chi connectivity index (χ1v) is 7.61. The first-order chi connectivity index (χ1) is 10.3. The molecule has 0 aliphatic carbocycles. The number of nitrogens with zero attached hydrogens (tertiary/aromatic N) is 3. The number of rotatable bonds is 1. The van der Waals surface area contributed by atoms with Crippen LogP contribution in [0.5, 0.6) is 0 Å². The highest BCUT2D eigenvalue weighted by Crippen LogP contribution is 2.27. The summed E-state index contributed by atoms with van der Waals surface area (Å²) in [6.45, 7) is 1.46. The molecule has 1 amide bonds. The molecule has 4 rings (SSSR count). The number of carbonyl (C=O) groups is 1. The Kier molecular flexibility index (Phi) is 2.82. The molecule has 3 heterocycles. The fourth-order valence-electron chi connectivity index (χ4n) is 2.48. The zero-order valence-corrected chi connectivity index (χ0v) is 11.9. The number of para-hydroxylation sites is 1. The second-order valence-electron chi connectivity index (χ2n) is 4.78. The van der Waals surface area contributed by atoms with Gasteiger partial charge in [-0.1, -0.05) is 12.1 Å². The lowest BCUT2D eigenvalue weighted by atomic mass is 10.1. The average Bonchev–Trinajstić information content (AvgIpc) is 3.19. The summed E-state index contributed by atoms with van der Waals surface area (Å²) in [6.07, 6.45) is 0. The largest absolute Gasteiger partial charge is 0.294 e. The Morgan fingerprint density at radius 1 is 1.29 bits per heavy atom. The summed E-state index contributed by atoms with van der Waals surface area (Å²) in [5.41, 5.74) is 2.51. The molecule has 1 aromatic carbocycles. The maximum Gasteiger partial charge on any atom is 0.258 e. The Labute approximate surface area is 125 Å². The van der Waals surface area contributed by atoms with Crippen LogP contribution in [0.4, 0.5) is 5.69 Å². The Bertz CT molecular complexity index is 764. The normalized spacial score (nSPS) is 15.9. The van der Waals surface area contributed by atoms with E-state index in [0.717, 1.165) is 30.2 Å². The van der Waals surface area contributed by atoms with E-state index in [1.54, 1.807) is 6.07 Å². The van der Waals surface area contributed by atoms with E-state index in [1.165, 1.54) is 11.3 Å². The minimum Gasteiger partial charge on any atom is -0.294 e. The number of fused-ring (bicyclic) bond motifs is 3. The highest BCUT2D eigenvalue weighted by molar-refractivity contribution is 7.08. The number of benzene rings is 1. The van der Waals surface area contributed by atoms with Gasteiger partial charge in [0.05, 0.1) is 17.8 Å². The third-order valence-electron chi connectivity index (χ3n) is 3.48. The van der Waals surface area contributed by atoms with Gasteiger partial charge in [-0.05, 0) is 23.6 Å². The maximum absolute atomic E-state index is 12.2. The van der Waals surface area contributed by atoms with E-state index in [4.69, 9.17) is 0 Å². The number of thiophene rings is 1. The molecule has 0 spiro atoms. The van der Waals surface area contributed by atoms with Crippen LogP contribution in [0, 0.1) is 0 Å². The monoisotopic (exact) mass is 296 g/mol. The van der Waals surface area contributed by atoms with Gasteiger partial charge in [-0.15, -0.1) is 0 Å². The third kappa shape index (κ3) is 2.04. The lowest BCUT2D eigenvalue weighted by Gasteiger charge is -2.27. The van der Waals surface area contributed by atoms with Crippen molar-refractivity contribution >= 4 is 34.7 Å². The number of guanidine groups is 1. The molecule has 2 aromatic rings. The molecular formula is C15H12N4OS. The van der Waals surface area contributed by atoms with Crippen LogP contribution < -0.4 is 5.32 Å². The fourth-order valence-corrected chi connectivity index (χ4v) is 3.12. The molecular weight excluding hydrogens is 284 g/mol. The summed E-state index contributed by atoms with van der Waals surface area (Å²) in [4.78, 5) is 23.3. The van der Waals surface area contributed by atoms with Crippen molar-refractivity contribution in [2.24, 2.45) is 9.98 Å². The zero-order valence-electron chi connectivity index (χ0n) is 11.1. The highest BCUT2D eigenvalue weighted by atomic mass is 32.1. The van der Waals surface area contributed by atoms with E-state index < -0.39 is 0 Å². The van der Waals surface area contributed by atoms with E-state index in [1.807, 2.05) is 39.9 Å². The van der Waals surface area contributed by atoms with Gasteiger partial charge in [0.1, 0.15) is 5.84 Å². The molecule has 0 saturated heterocycles. The van der Waals surface area contributed by atoms with Crippen LogP contribution in [0.2, 0.25) is 0 Å². The molecule has 1 aromatic heterocycles. The van der Waals surface area contributed by atoms with Crippen molar-refractivity contribution in [2.45, 2.75) is 0 Å². The maximum atomic E-state index is 12.2.